The summed E-state index contributed by atoms with van der Waals surface area (Å²) in [5.41, 5.74) is 1.07. The Balaban J connectivity index is 2.24. The smallest absolute Gasteiger partial charge is 0.230 e. The summed E-state index contributed by atoms with van der Waals surface area (Å²) in [6.07, 6.45) is 4.03. The summed E-state index contributed by atoms with van der Waals surface area (Å²) < 4.78 is 5.07. The van der Waals surface area contributed by atoms with E-state index in [0.29, 0.717) is 12.3 Å². The van der Waals surface area contributed by atoms with Gasteiger partial charge in [0.25, 0.3) is 0 Å². The first kappa shape index (κ1) is 14.6. The number of hydrogen-bond donors (Lipinski definition) is 1. The van der Waals surface area contributed by atoms with Gasteiger partial charge in [0.05, 0.1) is 12.9 Å². The molecular weight excluding hydrogens is 246 g/mol. The zero-order chi connectivity index (χ0) is 13.2. The number of allylic oxidation sites excluding steroid dienone is 1. The molecule has 0 spiro atoms. The number of thioether (sulfide) groups is 1. The average molecular weight is 265 g/mol. The molecule has 0 aromatic heterocycles. The molecule has 0 aliphatic heterocycles. The molecule has 0 bridgehead atoms. The van der Waals surface area contributed by atoms with E-state index in [-0.39, 0.29) is 5.91 Å². The molecule has 0 heterocycles. The molecule has 1 aromatic rings. The zero-order valence-electron chi connectivity index (χ0n) is 10.8. The number of carbonyl (C=O) groups excluding carboxylic acids is 1. The van der Waals surface area contributed by atoms with Crippen LogP contribution in [0.5, 0.6) is 5.75 Å². The van der Waals surface area contributed by atoms with Crippen LogP contribution in [0.15, 0.2) is 36.4 Å². The van der Waals surface area contributed by atoms with Gasteiger partial charge in [0, 0.05) is 12.3 Å². The van der Waals surface area contributed by atoms with Gasteiger partial charge in [-0.05, 0) is 24.6 Å². The number of ether oxygens (including phenoxy) is 1. The van der Waals surface area contributed by atoms with Crippen molar-refractivity contribution in [2.45, 2.75) is 13.5 Å². The third kappa shape index (κ3) is 5.77. The third-order valence-corrected chi connectivity index (χ3v) is 3.23. The van der Waals surface area contributed by atoms with Gasteiger partial charge in [-0.3, -0.25) is 4.79 Å². The normalized spacial score (nSPS) is 10.6. The van der Waals surface area contributed by atoms with Crippen molar-refractivity contribution < 1.29 is 9.53 Å². The first-order chi connectivity index (χ1) is 8.76. The molecule has 0 saturated carbocycles. The van der Waals surface area contributed by atoms with E-state index in [4.69, 9.17) is 4.74 Å². The van der Waals surface area contributed by atoms with E-state index < -0.39 is 0 Å². The van der Waals surface area contributed by atoms with Crippen LogP contribution in [-0.4, -0.2) is 24.5 Å². The lowest BCUT2D eigenvalue weighted by Gasteiger charge is -2.05. The predicted molar refractivity (Wildman–Crippen MR) is 77.0 cm³/mol. The molecular formula is C14H19NO2S. The first-order valence-corrected chi connectivity index (χ1v) is 7.00. The molecule has 0 saturated heterocycles. The van der Waals surface area contributed by atoms with E-state index in [2.05, 4.69) is 5.32 Å². The molecule has 0 fully saturated rings. The van der Waals surface area contributed by atoms with E-state index in [9.17, 15) is 4.79 Å². The third-order valence-electron chi connectivity index (χ3n) is 2.33. The van der Waals surface area contributed by atoms with Crippen LogP contribution in [0.25, 0.3) is 0 Å². The molecule has 4 heteroatoms. The highest BCUT2D eigenvalue weighted by atomic mass is 32.2. The quantitative estimate of drug-likeness (QED) is 0.608. The van der Waals surface area contributed by atoms with Gasteiger partial charge in [0.1, 0.15) is 5.75 Å². The Morgan fingerprint density at radius 1 is 1.39 bits per heavy atom. The molecule has 1 rings (SSSR count). The highest BCUT2D eigenvalue weighted by molar-refractivity contribution is 8.00. The lowest BCUT2D eigenvalue weighted by Crippen LogP contribution is -2.24. The number of carbonyl (C=O) groups is 1. The van der Waals surface area contributed by atoms with Crippen LogP contribution in [0.2, 0.25) is 0 Å². The van der Waals surface area contributed by atoms with E-state index in [0.717, 1.165) is 17.1 Å². The van der Waals surface area contributed by atoms with Crippen molar-refractivity contribution in [3.63, 3.8) is 0 Å². The summed E-state index contributed by atoms with van der Waals surface area (Å²) in [6, 6.07) is 7.68. The summed E-state index contributed by atoms with van der Waals surface area (Å²) >= 11 is 1.61. The van der Waals surface area contributed by atoms with E-state index in [1.165, 1.54) is 0 Å². The number of benzene rings is 1. The van der Waals surface area contributed by atoms with Gasteiger partial charge in [-0.1, -0.05) is 24.3 Å². The van der Waals surface area contributed by atoms with Gasteiger partial charge >= 0.3 is 0 Å². The van der Waals surface area contributed by atoms with Crippen molar-refractivity contribution >= 4 is 17.7 Å². The van der Waals surface area contributed by atoms with Gasteiger partial charge in [-0.2, -0.15) is 0 Å². The monoisotopic (exact) mass is 265 g/mol. The SMILES string of the molecule is CC=CCSCC(=O)NCc1ccc(OC)cc1. The molecule has 0 atom stereocenters. The lowest BCUT2D eigenvalue weighted by molar-refractivity contribution is -0.118. The molecule has 0 aliphatic carbocycles. The summed E-state index contributed by atoms with van der Waals surface area (Å²) in [6.45, 7) is 2.54. The van der Waals surface area contributed by atoms with Gasteiger partial charge in [0.15, 0.2) is 0 Å². The van der Waals surface area contributed by atoms with Gasteiger partial charge in [0.2, 0.25) is 5.91 Å². The first-order valence-electron chi connectivity index (χ1n) is 5.84. The summed E-state index contributed by atoms with van der Waals surface area (Å²) in [7, 11) is 1.64. The Morgan fingerprint density at radius 2 is 2.11 bits per heavy atom. The number of rotatable bonds is 7. The Bertz CT molecular complexity index is 387. The second kappa shape index (κ2) is 8.64. The maximum absolute atomic E-state index is 11.5. The van der Waals surface area contributed by atoms with Crippen molar-refractivity contribution in [1.29, 1.82) is 0 Å². The maximum atomic E-state index is 11.5. The van der Waals surface area contributed by atoms with Crippen molar-refractivity contribution in [3.05, 3.63) is 42.0 Å². The van der Waals surface area contributed by atoms with Gasteiger partial charge < -0.3 is 10.1 Å². The highest BCUT2D eigenvalue weighted by Crippen LogP contribution is 2.11. The Hall–Kier alpha value is -1.42. The summed E-state index contributed by atoms with van der Waals surface area (Å²) in [5.74, 6) is 2.28. The van der Waals surface area contributed by atoms with E-state index in [1.54, 1.807) is 18.9 Å². The molecule has 98 valence electrons. The fourth-order valence-electron chi connectivity index (χ4n) is 1.31. The second-order valence-corrected chi connectivity index (χ2v) is 4.74. The molecule has 3 nitrogen and oxygen atoms in total. The standard InChI is InChI=1S/C14H19NO2S/c1-3-4-9-18-11-14(16)15-10-12-5-7-13(17-2)8-6-12/h3-8H,9-11H2,1-2H3,(H,15,16). The van der Waals surface area contributed by atoms with Crippen molar-refractivity contribution in [1.82, 2.24) is 5.32 Å². The van der Waals surface area contributed by atoms with Crippen molar-refractivity contribution in [2.24, 2.45) is 0 Å². The Labute approximate surface area is 113 Å². The van der Waals surface area contributed by atoms with E-state index in [1.807, 2.05) is 43.3 Å². The largest absolute Gasteiger partial charge is 0.497 e. The topological polar surface area (TPSA) is 38.3 Å². The highest BCUT2D eigenvalue weighted by Gasteiger charge is 2.01. The summed E-state index contributed by atoms with van der Waals surface area (Å²) in [5, 5.41) is 2.89. The van der Waals surface area contributed by atoms with Gasteiger partial charge in [-0.15, -0.1) is 11.8 Å². The minimum Gasteiger partial charge on any atom is -0.497 e. The molecule has 1 amide bonds. The van der Waals surface area contributed by atoms with E-state index >= 15 is 0 Å². The van der Waals surface area contributed by atoms with Crippen molar-refractivity contribution in [3.8, 4) is 5.75 Å². The van der Waals surface area contributed by atoms with Crippen molar-refractivity contribution in [2.75, 3.05) is 18.6 Å². The van der Waals surface area contributed by atoms with Gasteiger partial charge in [-0.25, -0.2) is 0 Å². The Kier molecular flexibility index (Phi) is 7.03. The zero-order valence-corrected chi connectivity index (χ0v) is 11.6. The number of nitrogens with one attached hydrogen (secondary N) is 1. The predicted octanol–water partition coefficient (Wildman–Crippen LogP) is 2.62. The van der Waals surface area contributed by atoms with Crippen LogP contribution in [0.1, 0.15) is 12.5 Å². The number of amides is 1. The Morgan fingerprint density at radius 3 is 2.72 bits per heavy atom. The summed E-state index contributed by atoms with van der Waals surface area (Å²) in [4.78, 5) is 11.5. The minimum atomic E-state index is 0.0697. The van der Waals surface area contributed by atoms with Crippen LogP contribution in [0.4, 0.5) is 0 Å². The fraction of sp³-hybridized carbons (Fsp3) is 0.357. The lowest BCUT2D eigenvalue weighted by atomic mass is 10.2. The number of hydrogen-bond acceptors (Lipinski definition) is 3. The van der Waals surface area contributed by atoms with Crippen LogP contribution in [0, 0.1) is 0 Å². The second-order valence-electron chi connectivity index (χ2n) is 3.71. The molecule has 18 heavy (non-hydrogen) atoms. The molecule has 1 aromatic carbocycles. The molecule has 0 unspecified atom stereocenters. The van der Waals surface area contributed by atoms with Crippen LogP contribution >= 0.6 is 11.8 Å². The van der Waals surface area contributed by atoms with Crippen LogP contribution in [0.3, 0.4) is 0 Å². The molecule has 0 aliphatic rings. The fourth-order valence-corrected chi connectivity index (χ4v) is 2.04. The molecule has 1 N–H and O–H groups in total. The maximum Gasteiger partial charge on any atom is 0.230 e. The van der Waals surface area contributed by atoms with Crippen LogP contribution < -0.4 is 10.1 Å². The average Bonchev–Trinajstić information content (AvgIpc) is 2.42. The number of methoxy groups -OCH3 is 1. The molecule has 0 radical (unpaired) electrons. The minimum absolute atomic E-state index is 0.0697. The van der Waals surface area contributed by atoms with Crippen LogP contribution in [-0.2, 0) is 11.3 Å².